The van der Waals surface area contributed by atoms with Gasteiger partial charge >= 0.3 is 0 Å². The van der Waals surface area contributed by atoms with Crippen molar-refractivity contribution in [2.45, 2.75) is 31.0 Å². The van der Waals surface area contributed by atoms with Gasteiger partial charge in [0.05, 0.1) is 18.8 Å². The van der Waals surface area contributed by atoms with E-state index >= 15 is 0 Å². The predicted octanol–water partition coefficient (Wildman–Crippen LogP) is -0.132. The number of rotatable bonds is 3. The quantitative estimate of drug-likeness (QED) is 0.376. The third kappa shape index (κ3) is 1.83. The van der Waals surface area contributed by atoms with Crippen LogP contribution in [0.25, 0.3) is 0 Å². The maximum Gasteiger partial charge on any atom is 0.0904 e. The van der Waals surface area contributed by atoms with Gasteiger partial charge in [-0.3, -0.25) is 16.2 Å². The summed E-state index contributed by atoms with van der Waals surface area (Å²) in [5.74, 6) is 5.43. The Morgan fingerprint density at radius 3 is 3.21 bits per heavy atom. The smallest absolute Gasteiger partial charge is 0.0904 e. The summed E-state index contributed by atoms with van der Waals surface area (Å²) in [4.78, 5) is 2.50. The van der Waals surface area contributed by atoms with Crippen molar-refractivity contribution in [3.63, 3.8) is 0 Å². The van der Waals surface area contributed by atoms with Crippen LogP contribution in [0.3, 0.4) is 0 Å². The second-order valence-electron chi connectivity index (χ2n) is 4.09. The molecular formula is C10H19N3O. The van der Waals surface area contributed by atoms with Crippen LogP contribution in [-0.2, 0) is 4.74 Å². The lowest BCUT2D eigenvalue weighted by atomic mass is 10.1. The molecule has 0 aliphatic carbocycles. The minimum Gasteiger partial charge on any atom is -0.373 e. The molecule has 0 bridgehead atoms. The molecule has 4 nitrogen and oxygen atoms in total. The molecule has 80 valence electrons. The van der Waals surface area contributed by atoms with Crippen LogP contribution in [0.15, 0.2) is 12.7 Å². The molecule has 0 radical (unpaired) electrons. The van der Waals surface area contributed by atoms with Gasteiger partial charge in [0.1, 0.15) is 0 Å². The van der Waals surface area contributed by atoms with Crippen LogP contribution in [0.5, 0.6) is 0 Å². The van der Waals surface area contributed by atoms with Crippen molar-refractivity contribution >= 4 is 0 Å². The van der Waals surface area contributed by atoms with Gasteiger partial charge in [-0.25, -0.2) is 0 Å². The topological polar surface area (TPSA) is 50.5 Å². The Labute approximate surface area is 85.1 Å². The average Bonchev–Trinajstić information content (AvgIpc) is 2.66. The fraction of sp³-hybridized carbons (Fsp3) is 0.800. The van der Waals surface area contributed by atoms with Crippen LogP contribution in [0.4, 0.5) is 0 Å². The number of fused-ring (bicyclic) bond motifs is 1. The molecule has 3 unspecified atom stereocenters. The summed E-state index contributed by atoms with van der Waals surface area (Å²) < 4.78 is 5.78. The standard InChI is InChI=1S/C10H19N3O/c1-2-9(12-11)10-6-13-5-3-4-8(13)7-14-10/h2,8-10,12H,1,3-7,11H2. The van der Waals surface area contributed by atoms with E-state index in [2.05, 4.69) is 16.9 Å². The van der Waals surface area contributed by atoms with E-state index in [4.69, 9.17) is 10.6 Å². The van der Waals surface area contributed by atoms with Gasteiger partial charge in [0.2, 0.25) is 0 Å². The Morgan fingerprint density at radius 1 is 1.64 bits per heavy atom. The zero-order valence-corrected chi connectivity index (χ0v) is 8.48. The molecule has 2 saturated heterocycles. The van der Waals surface area contributed by atoms with Crippen molar-refractivity contribution in [2.75, 3.05) is 19.7 Å². The number of nitrogens with one attached hydrogen (secondary N) is 1. The van der Waals surface area contributed by atoms with Crippen molar-refractivity contribution in [3.8, 4) is 0 Å². The fourth-order valence-electron chi connectivity index (χ4n) is 2.39. The minimum atomic E-state index is 0.0663. The lowest BCUT2D eigenvalue weighted by Gasteiger charge is -2.37. The van der Waals surface area contributed by atoms with E-state index < -0.39 is 0 Å². The van der Waals surface area contributed by atoms with Gasteiger partial charge in [-0.15, -0.1) is 6.58 Å². The SMILES string of the molecule is C=CC(NN)C1CN2CCCC2CO1. The third-order valence-corrected chi connectivity index (χ3v) is 3.26. The van der Waals surface area contributed by atoms with E-state index in [1.807, 2.05) is 6.08 Å². The van der Waals surface area contributed by atoms with Crippen molar-refractivity contribution in [3.05, 3.63) is 12.7 Å². The Kier molecular flexibility index (Phi) is 3.18. The van der Waals surface area contributed by atoms with Crippen LogP contribution in [0, 0.1) is 0 Å². The zero-order valence-electron chi connectivity index (χ0n) is 8.48. The number of hydrazine groups is 1. The van der Waals surface area contributed by atoms with Crippen molar-refractivity contribution in [1.29, 1.82) is 0 Å². The maximum absolute atomic E-state index is 5.78. The van der Waals surface area contributed by atoms with Crippen molar-refractivity contribution in [1.82, 2.24) is 10.3 Å². The molecule has 2 rings (SSSR count). The monoisotopic (exact) mass is 197 g/mol. The predicted molar refractivity (Wildman–Crippen MR) is 55.6 cm³/mol. The van der Waals surface area contributed by atoms with E-state index in [0.29, 0.717) is 6.04 Å². The summed E-state index contributed by atoms with van der Waals surface area (Å²) >= 11 is 0. The highest BCUT2D eigenvalue weighted by Gasteiger charge is 2.34. The Balaban J connectivity index is 1.93. The molecule has 0 spiro atoms. The summed E-state index contributed by atoms with van der Waals surface area (Å²) in [6.45, 7) is 6.78. The largest absolute Gasteiger partial charge is 0.373 e. The molecule has 0 aromatic heterocycles. The van der Waals surface area contributed by atoms with E-state index in [1.165, 1.54) is 19.4 Å². The van der Waals surface area contributed by atoms with Crippen LogP contribution in [0.2, 0.25) is 0 Å². The second-order valence-corrected chi connectivity index (χ2v) is 4.09. The molecule has 2 aliphatic rings. The van der Waals surface area contributed by atoms with Crippen LogP contribution < -0.4 is 11.3 Å². The summed E-state index contributed by atoms with van der Waals surface area (Å²) in [6, 6.07) is 0.714. The van der Waals surface area contributed by atoms with Crippen molar-refractivity contribution in [2.24, 2.45) is 5.84 Å². The molecule has 2 aliphatic heterocycles. The summed E-state index contributed by atoms with van der Waals surface area (Å²) in [6.07, 6.45) is 4.56. The molecule has 0 aromatic carbocycles. The summed E-state index contributed by atoms with van der Waals surface area (Å²) in [5, 5.41) is 0. The van der Waals surface area contributed by atoms with Crippen molar-refractivity contribution < 1.29 is 4.74 Å². The highest BCUT2D eigenvalue weighted by molar-refractivity contribution is 4.96. The first-order valence-corrected chi connectivity index (χ1v) is 5.29. The molecule has 14 heavy (non-hydrogen) atoms. The van der Waals surface area contributed by atoms with Crippen LogP contribution in [0.1, 0.15) is 12.8 Å². The fourth-order valence-corrected chi connectivity index (χ4v) is 2.39. The lowest BCUT2D eigenvalue weighted by Crippen LogP contribution is -2.54. The Hall–Kier alpha value is -0.420. The normalized spacial score (nSPS) is 35.2. The third-order valence-electron chi connectivity index (χ3n) is 3.26. The number of morpholine rings is 1. The number of ether oxygens (including phenoxy) is 1. The maximum atomic E-state index is 5.78. The summed E-state index contributed by atoms with van der Waals surface area (Å²) in [7, 11) is 0. The van der Waals surface area contributed by atoms with E-state index in [9.17, 15) is 0 Å². The van der Waals surface area contributed by atoms with Gasteiger partial charge in [0, 0.05) is 12.6 Å². The molecule has 2 heterocycles. The first-order chi connectivity index (χ1) is 6.85. The molecule has 2 fully saturated rings. The van der Waals surface area contributed by atoms with Gasteiger partial charge in [-0.1, -0.05) is 6.08 Å². The summed E-state index contributed by atoms with van der Waals surface area (Å²) in [5.41, 5.74) is 2.73. The molecule has 0 aromatic rings. The zero-order chi connectivity index (χ0) is 9.97. The number of hydrogen-bond acceptors (Lipinski definition) is 4. The highest BCUT2D eigenvalue weighted by Crippen LogP contribution is 2.23. The minimum absolute atomic E-state index is 0.0663. The first kappa shape index (κ1) is 10.1. The average molecular weight is 197 g/mol. The van der Waals surface area contributed by atoms with Crippen LogP contribution in [-0.4, -0.2) is 42.8 Å². The lowest BCUT2D eigenvalue weighted by molar-refractivity contribution is -0.0575. The molecule has 0 amide bonds. The van der Waals surface area contributed by atoms with Gasteiger partial charge in [-0.05, 0) is 19.4 Å². The van der Waals surface area contributed by atoms with E-state index in [1.54, 1.807) is 0 Å². The Bertz CT molecular complexity index is 210. The second kappa shape index (κ2) is 4.40. The number of nitrogens with two attached hydrogens (primary N) is 1. The van der Waals surface area contributed by atoms with E-state index in [-0.39, 0.29) is 12.1 Å². The molecule has 3 N–H and O–H groups in total. The van der Waals surface area contributed by atoms with E-state index in [0.717, 1.165) is 13.2 Å². The van der Waals surface area contributed by atoms with Gasteiger partial charge < -0.3 is 4.74 Å². The Morgan fingerprint density at radius 2 is 2.50 bits per heavy atom. The molecule has 4 heteroatoms. The first-order valence-electron chi connectivity index (χ1n) is 5.29. The van der Waals surface area contributed by atoms with Gasteiger partial charge in [0.15, 0.2) is 0 Å². The molecule has 3 atom stereocenters. The van der Waals surface area contributed by atoms with Gasteiger partial charge in [-0.2, -0.15) is 0 Å². The van der Waals surface area contributed by atoms with Gasteiger partial charge in [0.25, 0.3) is 0 Å². The highest BCUT2D eigenvalue weighted by atomic mass is 16.5. The molecule has 0 saturated carbocycles. The number of hydrogen-bond donors (Lipinski definition) is 2. The number of nitrogens with zero attached hydrogens (tertiary/aromatic N) is 1. The van der Waals surface area contributed by atoms with Crippen LogP contribution >= 0.6 is 0 Å². The molecular weight excluding hydrogens is 178 g/mol.